The zero-order chi connectivity index (χ0) is 21.6. The molecule has 0 saturated carbocycles. The van der Waals surface area contributed by atoms with Crippen molar-refractivity contribution in [2.75, 3.05) is 19.1 Å². The summed E-state index contributed by atoms with van der Waals surface area (Å²) in [7, 11) is 2.98. The Labute approximate surface area is 170 Å². The van der Waals surface area contributed by atoms with Crippen LogP contribution >= 0.6 is 0 Å². The molecule has 10 nitrogen and oxygen atoms in total. The summed E-state index contributed by atoms with van der Waals surface area (Å²) in [6.45, 7) is 1.49. The number of carbonyl (C=O) groups excluding carboxylic acids is 2. The molecular weight excluding hydrogens is 394 g/mol. The Bertz CT molecular complexity index is 1110. The number of imide groups is 1. The van der Waals surface area contributed by atoms with Crippen LogP contribution in [0.25, 0.3) is 0 Å². The van der Waals surface area contributed by atoms with Gasteiger partial charge in [0.1, 0.15) is 11.6 Å². The fraction of sp³-hybridized carbons (Fsp3) is 0.250. The first-order chi connectivity index (χ1) is 14.4. The molecule has 2 aliphatic rings. The minimum atomic E-state index is -1.13. The first-order valence-electron chi connectivity index (χ1n) is 8.97. The van der Waals surface area contributed by atoms with E-state index in [-0.39, 0.29) is 22.6 Å². The summed E-state index contributed by atoms with van der Waals surface area (Å²) in [5.74, 6) is -1.20. The number of fused-ring (bicyclic) bond motifs is 1. The van der Waals surface area contributed by atoms with E-state index in [2.05, 4.69) is 5.16 Å². The second-order valence-electron chi connectivity index (χ2n) is 6.74. The molecule has 0 unspecified atom stereocenters. The Morgan fingerprint density at radius 3 is 2.50 bits per heavy atom. The van der Waals surface area contributed by atoms with Gasteiger partial charge in [0, 0.05) is 11.6 Å². The molecule has 0 bridgehead atoms. The van der Waals surface area contributed by atoms with Crippen molar-refractivity contribution in [1.82, 2.24) is 0 Å². The fourth-order valence-corrected chi connectivity index (χ4v) is 3.70. The lowest BCUT2D eigenvalue weighted by Gasteiger charge is -2.17. The lowest BCUT2D eigenvalue weighted by Crippen LogP contribution is -2.33. The summed E-state index contributed by atoms with van der Waals surface area (Å²) in [6.07, 6.45) is -1.13. The molecule has 2 amide bonds. The average molecular weight is 411 g/mol. The second-order valence-corrected chi connectivity index (χ2v) is 6.74. The first-order valence-corrected chi connectivity index (χ1v) is 8.97. The topological polar surface area (TPSA) is 121 Å². The quantitative estimate of drug-likeness (QED) is 0.420. The van der Waals surface area contributed by atoms with Crippen LogP contribution in [0.5, 0.6) is 11.5 Å². The standard InChI is InChI=1S/C20H17N3O7/c1-10-12(5-4-6-13(10)23(26)27)22-19(24)16-17(21-30-18(16)20(22)25)11-7-8-14(28-2)15(9-11)29-3/h4-9,16,18H,1-3H3/t16-,18-/m0/s1. The van der Waals surface area contributed by atoms with Crippen LogP contribution in [0.2, 0.25) is 0 Å². The Balaban J connectivity index is 1.73. The van der Waals surface area contributed by atoms with E-state index < -0.39 is 28.8 Å². The van der Waals surface area contributed by atoms with Crippen LogP contribution in [-0.4, -0.2) is 42.8 Å². The van der Waals surface area contributed by atoms with Gasteiger partial charge in [0.25, 0.3) is 11.6 Å². The van der Waals surface area contributed by atoms with E-state index >= 15 is 0 Å². The van der Waals surface area contributed by atoms with Gasteiger partial charge in [0.15, 0.2) is 11.5 Å². The number of oxime groups is 1. The zero-order valence-electron chi connectivity index (χ0n) is 16.3. The number of nitro benzene ring substituents is 1. The van der Waals surface area contributed by atoms with Crippen molar-refractivity contribution in [1.29, 1.82) is 0 Å². The molecule has 2 aromatic rings. The minimum Gasteiger partial charge on any atom is -0.493 e. The molecule has 2 heterocycles. The van der Waals surface area contributed by atoms with E-state index in [0.717, 1.165) is 4.90 Å². The van der Waals surface area contributed by atoms with Gasteiger partial charge in [-0.3, -0.25) is 19.7 Å². The lowest BCUT2D eigenvalue weighted by molar-refractivity contribution is -0.385. The van der Waals surface area contributed by atoms with Crippen molar-refractivity contribution < 1.29 is 28.8 Å². The summed E-state index contributed by atoms with van der Waals surface area (Å²) in [5, 5.41) is 15.2. The number of hydrogen-bond donors (Lipinski definition) is 0. The van der Waals surface area contributed by atoms with Crippen LogP contribution in [0.15, 0.2) is 41.6 Å². The maximum absolute atomic E-state index is 13.2. The SMILES string of the molecule is COc1ccc(C2=NO[C@@H]3C(=O)N(c4cccc([N+](=O)[O-])c4C)C(=O)[C@@H]23)cc1OC. The van der Waals surface area contributed by atoms with E-state index in [1.807, 2.05) is 0 Å². The normalized spacial score (nSPS) is 20.0. The van der Waals surface area contributed by atoms with Crippen molar-refractivity contribution in [3.63, 3.8) is 0 Å². The van der Waals surface area contributed by atoms with Crippen LogP contribution < -0.4 is 14.4 Å². The molecule has 2 aliphatic heterocycles. The number of amides is 2. The summed E-state index contributed by atoms with van der Waals surface area (Å²) in [5.41, 5.74) is 1.02. The van der Waals surface area contributed by atoms with Gasteiger partial charge < -0.3 is 14.3 Å². The molecule has 0 radical (unpaired) electrons. The molecule has 0 spiro atoms. The van der Waals surface area contributed by atoms with Crippen molar-refractivity contribution in [3.05, 3.63) is 57.6 Å². The van der Waals surface area contributed by atoms with Crippen molar-refractivity contribution in [3.8, 4) is 11.5 Å². The van der Waals surface area contributed by atoms with Gasteiger partial charge >= 0.3 is 0 Å². The molecule has 154 valence electrons. The Morgan fingerprint density at radius 1 is 1.10 bits per heavy atom. The van der Waals surface area contributed by atoms with Crippen molar-refractivity contribution in [2.24, 2.45) is 11.1 Å². The molecule has 1 saturated heterocycles. The third kappa shape index (κ3) is 2.76. The van der Waals surface area contributed by atoms with Gasteiger partial charge in [0.05, 0.1) is 30.4 Å². The van der Waals surface area contributed by atoms with Gasteiger partial charge in [0.2, 0.25) is 12.0 Å². The van der Waals surface area contributed by atoms with E-state index in [9.17, 15) is 19.7 Å². The predicted molar refractivity (Wildman–Crippen MR) is 105 cm³/mol. The largest absolute Gasteiger partial charge is 0.493 e. The smallest absolute Gasteiger partial charge is 0.278 e. The third-order valence-electron chi connectivity index (χ3n) is 5.21. The van der Waals surface area contributed by atoms with E-state index in [4.69, 9.17) is 14.3 Å². The number of ether oxygens (including phenoxy) is 2. The van der Waals surface area contributed by atoms with Crippen molar-refractivity contribution in [2.45, 2.75) is 13.0 Å². The van der Waals surface area contributed by atoms with Crippen LogP contribution in [0.1, 0.15) is 11.1 Å². The third-order valence-corrected chi connectivity index (χ3v) is 5.21. The Morgan fingerprint density at radius 2 is 1.83 bits per heavy atom. The molecule has 0 aliphatic carbocycles. The van der Waals surface area contributed by atoms with E-state index in [1.54, 1.807) is 18.2 Å². The van der Waals surface area contributed by atoms with Crippen LogP contribution in [0.3, 0.4) is 0 Å². The highest BCUT2D eigenvalue weighted by Gasteiger charge is 2.56. The molecule has 4 rings (SSSR count). The van der Waals surface area contributed by atoms with Crippen LogP contribution in [-0.2, 0) is 14.4 Å². The van der Waals surface area contributed by atoms with E-state index in [1.165, 1.54) is 39.3 Å². The van der Waals surface area contributed by atoms with Crippen LogP contribution in [0.4, 0.5) is 11.4 Å². The zero-order valence-corrected chi connectivity index (χ0v) is 16.3. The number of carbonyl (C=O) groups is 2. The lowest BCUT2D eigenvalue weighted by atomic mass is 9.94. The Kier molecular flexibility index (Phi) is 4.61. The molecule has 30 heavy (non-hydrogen) atoms. The molecule has 2 atom stereocenters. The first kappa shape index (κ1) is 19.4. The number of hydrogen-bond acceptors (Lipinski definition) is 8. The summed E-state index contributed by atoms with van der Waals surface area (Å²) < 4.78 is 10.5. The number of rotatable bonds is 5. The monoisotopic (exact) mass is 411 g/mol. The molecule has 10 heteroatoms. The molecule has 1 fully saturated rings. The fourth-order valence-electron chi connectivity index (χ4n) is 3.70. The van der Waals surface area contributed by atoms with Crippen LogP contribution in [0, 0.1) is 23.0 Å². The maximum Gasteiger partial charge on any atom is 0.278 e. The van der Waals surface area contributed by atoms with Gasteiger partial charge in [-0.1, -0.05) is 11.2 Å². The number of nitro groups is 1. The summed E-state index contributed by atoms with van der Waals surface area (Å²) in [6, 6.07) is 9.23. The number of benzene rings is 2. The number of methoxy groups -OCH3 is 2. The molecular formula is C20H17N3O7. The minimum absolute atomic E-state index is 0.156. The van der Waals surface area contributed by atoms with Gasteiger partial charge in [-0.2, -0.15) is 0 Å². The molecule has 0 aromatic heterocycles. The highest BCUT2D eigenvalue weighted by Crippen LogP contribution is 2.39. The molecule has 2 aromatic carbocycles. The highest BCUT2D eigenvalue weighted by atomic mass is 16.7. The summed E-state index contributed by atoms with van der Waals surface area (Å²) in [4.78, 5) is 43.1. The molecule has 0 N–H and O–H groups in total. The highest BCUT2D eigenvalue weighted by molar-refractivity contribution is 6.32. The van der Waals surface area contributed by atoms with Gasteiger partial charge in [-0.15, -0.1) is 0 Å². The summed E-state index contributed by atoms with van der Waals surface area (Å²) >= 11 is 0. The average Bonchev–Trinajstić information content (AvgIpc) is 3.28. The second kappa shape index (κ2) is 7.14. The predicted octanol–water partition coefficient (Wildman–Crippen LogP) is 2.21. The van der Waals surface area contributed by atoms with E-state index in [0.29, 0.717) is 17.1 Å². The maximum atomic E-state index is 13.2. The van der Waals surface area contributed by atoms with Gasteiger partial charge in [-0.05, 0) is 31.2 Å². The number of anilines is 1. The van der Waals surface area contributed by atoms with Crippen molar-refractivity contribution >= 4 is 28.9 Å². The Hall–Kier alpha value is -3.95. The van der Waals surface area contributed by atoms with Gasteiger partial charge in [-0.25, -0.2) is 4.90 Å². The number of nitrogens with zero attached hydrogens (tertiary/aromatic N) is 3.